The van der Waals surface area contributed by atoms with Crippen molar-refractivity contribution in [2.45, 2.75) is 4.21 Å². The van der Waals surface area contributed by atoms with Gasteiger partial charge in [-0.3, -0.25) is 0 Å². The minimum absolute atomic E-state index is 0.818. The van der Waals surface area contributed by atoms with Crippen LogP contribution >= 0.6 is 58.2 Å². The van der Waals surface area contributed by atoms with Crippen molar-refractivity contribution in [3.8, 4) is 0 Å². The number of rotatable bonds is 0. The van der Waals surface area contributed by atoms with Crippen molar-refractivity contribution in [1.29, 1.82) is 0 Å². The lowest BCUT2D eigenvalue weighted by molar-refractivity contribution is 1.75. The maximum absolute atomic E-state index is 5.97. The molecule has 1 aromatic carbocycles. The van der Waals surface area contributed by atoms with Crippen LogP contribution in [-0.2, 0) is 0 Å². The first-order valence-electron chi connectivity index (χ1n) is 3.25. The molecule has 1 aromatic heterocycles. The molecule has 4 heteroatoms. The second-order valence-electron chi connectivity index (χ2n) is 2.36. The summed E-state index contributed by atoms with van der Waals surface area (Å²) in [5.41, 5.74) is 0. The molecule has 0 radical (unpaired) electrons. The molecule has 2 rings (SSSR count). The van der Waals surface area contributed by atoms with Crippen molar-refractivity contribution in [2.75, 3.05) is 0 Å². The molecule has 0 saturated carbocycles. The summed E-state index contributed by atoms with van der Waals surface area (Å²) in [6, 6.07) is 6.00. The summed E-state index contributed by atoms with van der Waals surface area (Å²) in [5, 5.41) is 2.04. The van der Waals surface area contributed by atoms with Gasteiger partial charge in [-0.1, -0.05) is 17.7 Å². The Hall–Kier alpha value is 0.550. The second-order valence-corrected chi connectivity index (χ2v) is 5.69. The molecule has 0 amide bonds. The second kappa shape index (κ2) is 3.36. The fourth-order valence-electron chi connectivity index (χ4n) is 1.03. The van der Waals surface area contributed by atoms with Crippen LogP contribution in [0.2, 0.25) is 5.02 Å². The Labute approximate surface area is 98.5 Å². The van der Waals surface area contributed by atoms with E-state index >= 15 is 0 Å². The molecule has 0 bridgehead atoms. The number of thiol groups is 1. The third kappa shape index (κ3) is 1.47. The first kappa shape index (κ1) is 9.12. The van der Waals surface area contributed by atoms with Gasteiger partial charge >= 0.3 is 0 Å². The number of hydrogen-bond donors (Lipinski definition) is 1. The van der Waals surface area contributed by atoms with Crippen LogP contribution < -0.4 is 0 Å². The summed E-state index contributed by atoms with van der Waals surface area (Å²) in [5.74, 6) is 0. The van der Waals surface area contributed by atoms with Gasteiger partial charge in [0.05, 0.1) is 13.9 Å². The Morgan fingerprint density at radius 3 is 2.92 bits per heavy atom. The van der Waals surface area contributed by atoms with Gasteiger partial charge in [-0.15, -0.1) is 24.0 Å². The van der Waals surface area contributed by atoms with Crippen LogP contribution in [0.5, 0.6) is 0 Å². The molecule has 0 saturated heterocycles. The molecule has 2 aromatic rings. The monoisotopic (exact) mass is 326 g/mol. The predicted octanol–water partition coefficient (Wildman–Crippen LogP) is 4.45. The SMILES string of the molecule is Sc1cc2ccc(Cl)c(I)c2s1. The zero-order chi connectivity index (χ0) is 8.72. The van der Waals surface area contributed by atoms with Gasteiger partial charge in [0, 0.05) is 3.57 Å². The average Bonchev–Trinajstić information content (AvgIpc) is 2.39. The molecule has 0 spiro atoms. The maximum Gasteiger partial charge on any atom is 0.0581 e. The smallest absolute Gasteiger partial charge is 0.0581 e. The quantitative estimate of drug-likeness (QED) is 0.537. The highest BCUT2D eigenvalue weighted by Gasteiger charge is 2.05. The minimum atomic E-state index is 0.818. The van der Waals surface area contributed by atoms with E-state index in [1.807, 2.05) is 12.1 Å². The molecule has 12 heavy (non-hydrogen) atoms. The Bertz CT molecular complexity index is 436. The van der Waals surface area contributed by atoms with Crippen molar-refractivity contribution < 1.29 is 0 Å². The van der Waals surface area contributed by atoms with Crippen LogP contribution in [0.15, 0.2) is 22.4 Å². The van der Waals surface area contributed by atoms with Crippen LogP contribution in [0.3, 0.4) is 0 Å². The van der Waals surface area contributed by atoms with Crippen molar-refractivity contribution in [2.24, 2.45) is 0 Å². The molecule has 0 fully saturated rings. The van der Waals surface area contributed by atoms with Gasteiger partial charge < -0.3 is 0 Å². The molecule has 0 aliphatic heterocycles. The minimum Gasteiger partial charge on any atom is -0.133 e. The molecule has 0 nitrogen and oxygen atoms in total. The molecule has 0 aliphatic carbocycles. The van der Waals surface area contributed by atoms with Crippen LogP contribution in [0, 0.1) is 3.57 Å². The normalized spacial score (nSPS) is 10.9. The molecular weight excluding hydrogens is 323 g/mol. The molecule has 0 aliphatic rings. The number of thiophene rings is 1. The highest BCUT2D eigenvalue weighted by atomic mass is 127. The van der Waals surface area contributed by atoms with Crippen LogP contribution in [0.1, 0.15) is 0 Å². The number of fused-ring (bicyclic) bond motifs is 1. The number of benzene rings is 1. The summed E-state index contributed by atoms with van der Waals surface area (Å²) in [4.78, 5) is 0. The Kier molecular flexibility index (Phi) is 2.56. The highest BCUT2D eigenvalue weighted by Crippen LogP contribution is 2.35. The first-order valence-corrected chi connectivity index (χ1v) is 5.97. The zero-order valence-electron chi connectivity index (χ0n) is 5.84. The molecule has 1 heterocycles. The standard InChI is InChI=1S/C8H4ClIS2/c9-5-2-1-4-3-6(11)12-8(4)7(5)10/h1-3,11H. The molecular formula is C8H4ClIS2. The summed E-state index contributed by atoms with van der Waals surface area (Å²) < 4.78 is 3.38. The van der Waals surface area contributed by atoms with Gasteiger partial charge in [0.25, 0.3) is 0 Å². The van der Waals surface area contributed by atoms with E-state index in [0.29, 0.717) is 0 Å². The van der Waals surface area contributed by atoms with Crippen molar-refractivity contribution in [3.05, 3.63) is 26.8 Å². The molecule has 0 atom stereocenters. The van der Waals surface area contributed by atoms with Gasteiger partial charge in [0.1, 0.15) is 0 Å². The molecule has 0 N–H and O–H groups in total. The van der Waals surface area contributed by atoms with E-state index < -0.39 is 0 Å². The first-order chi connectivity index (χ1) is 5.68. The molecule has 0 unspecified atom stereocenters. The third-order valence-electron chi connectivity index (χ3n) is 1.57. The van der Waals surface area contributed by atoms with E-state index in [1.54, 1.807) is 11.3 Å². The van der Waals surface area contributed by atoms with E-state index in [-0.39, 0.29) is 0 Å². The predicted molar refractivity (Wildman–Crippen MR) is 66.8 cm³/mol. The van der Waals surface area contributed by atoms with Gasteiger partial charge in [0.2, 0.25) is 0 Å². The summed E-state index contributed by atoms with van der Waals surface area (Å²) in [6.07, 6.45) is 0. The fourth-order valence-corrected chi connectivity index (χ4v) is 3.32. The third-order valence-corrected chi connectivity index (χ3v) is 5.06. The maximum atomic E-state index is 5.97. The average molecular weight is 327 g/mol. The van der Waals surface area contributed by atoms with Crippen molar-refractivity contribution in [1.82, 2.24) is 0 Å². The lowest BCUT2D eigenvalue weighted by Crippen LogP contribution is -1.72. The Morgan fingerprint density at radius 2 is 2.17 bits per heavy atom. The van der Waals surface area contributed by atoms with Crippen molar-refractivity contribution in [3.63, 3.8) is 0 Å². The van der Waals surface area contributed by atoms with Crippen LogP contribution in [0.25, 0.3) is 10.1 Å². The van der Waals surface area contributed by atoms with E-state index in [9.17, 15) is 0 Å². The van der Waals surface area contributed by atoms with E-state index in [2.05, 4.69) is 41.3 Å². The molecule has 62 valence electrons. The highest BCUT2D eigenvalue weighted by molar-refractivity contribution is 14.1. The van der Waals surface area contributed by atoms with Gasteiger partial charge in [-0.25, -0.2) is 0 Å². The zero-order valence-corrected chi connectivity index (χ0v) is 10.5. The van der Waals surface area contributed by atoms with E-state index in [0.717, 1.165) is 12.8 Å². The topological polar surface area (TPSA) is 0 Å². The summed E-state index contributed by atoms with van der Waals surface area (Å²) >= 11 is 14.2. The Balaban J connectivity index is 2.89. The summed E-state index contributed by atoms with van der Waals surface area (Å²) in [6.45, 7) is 0. The van der Waals surface area contributed by atoms with Gasteiger partial charge in [-0.2, -0.15) is 0 Å². The van der Waals surface area contributed by atoms with Crippen LogP contribution in [-0.4, -0.2) is 0 Å². The fraction of sp³-hybridized carbons (Fsp3) is 0. The number of hydrogen-bond acceptors (Lipinski definition) is 2. The van der Waals surface area contributed by atoms with E-state index in [1.165, 1.54) is 10.1 Å². The number of halogens is 2. The van der Waals surface area contributed by atoms with Gasteiger partial charge in [-0.05, 0) is 40.1 Å². The van der Waals surface area contributed by atoms with Crippen molar-refractivity contribution >= 4 is 68.2 Å². The lowest BCUT2D eigenvalue weighted by Gasteiger charge is -1.95. The van der Waals surface area contributed by atoms with E-state index in [4.69, 9.17) is 11.6 Å². The lowest BCUT2D eigenvalue weighted by atomic mass is 10.3. The van der Waals surface area contributed by atoms with Crippen LogP contribution in [0.4, 0.5) is 0 Å². The Morgan fingerprint density at radius 1 is 1.42 bits per heavy atom. The summed E-state index contributed by atoms with van der Waals surface area (Å²) in [7, 11) is 0. The van der Waals surface area contributed by atoms with Gasteiger partial charge in [0.15, 0.2) is 0 Å². The largest absolute Gasteiger partial charge is 0.133 e.